The van der Waals surface area contributed by atoms with Crippen molar-refractivity contribution in [3.8, 4) is 5.75 Å². The molecule has 0 spiro atoms. The van der Waals surface area contributed by atoms with Gasteiger partial charge < -0.3 is 19.1 Å². The summed E-state index contributed by atoms with van der Waals surface area (Å²) >= 11 is 0. The Balaban J connectivity index is 2.37. The van der Waals surface area contributed by atoms with Crippen molar-refractivity contribution >= 4 is 17.8 Å². The molecule has 8 heteroatoms. The number of pyridine rings is 1. The van der Waals surface area contributed by atoms with Crippen molar-refractivity contribution in [3.05, 3.63) is 59.4 Å². The fourth-order valence-electron chi connectivity index (χ4n) is 3.26. The highest BCUT2D eigenvalue weighted by Gasteiger charge is 2.30. The van der Waals surface area contributed by atoms with Crippen LogP contribution in [0.4, 0.5) is 0 Å². The maximum absolute atomic E-state index is 12.2. The minimum absolute atomic E-state index is 0.101. The second kappa shape index (κ2) is 11.4. The first kappa shape index (κ1) is 25.8. The molecule has 0 radical (unpaired) electrons. The molecule has 1 atom stereocenters. The molecule has 178 valence electrons. The van der Waals surface area contributed by atoms with Gasteiger partial charge in [0.1, 0.15) is 24.7 Å². The Kier molecular flexibility index (Phi) is 8.96. The summed E-state index contributed by atoms with van der Waals surface area (Å²) in [4.78, 5) is 41.7. The summed E-state index contributed by atoms with van der Waals surface area (Å²) in [5, 5.41) is 0. The van der Waals surface area contributed by atoms with Gasteiger partial charge in [-0.1, -0.05) is 30.3 Å². The van der Waals surface area contributed by atoms with Crippen LogP contribution in [0.3, 0.4) is 0 Å². The number of hydrogen-bond acceptors (Lipinski definition) is 7. The van der Waals surface area contributed by atoms with Crippen LogP contribution in [0.25, 0.3) is 0 Å². The van der Waals surface area contributed by atoms with Crippen molar-refractivity contribution in [1.82, 2.24) is 9.88 Å². The van der Waals surface area contributed by atoms with E-state index in [1.165, 1.54) is 20.8 Å². The van der Waals surface area contributed by atoms with Crippen molar-refractivity contribution in [2.45, 2.75) is 66.4 Å². The van der Waals surface area contributed by atoms with Gasteiger partial charge in [-0.25, -0.2) is 4.98 Å². The minimum Gasteiger partial charge on any atom is -0.487 e. The quantitative estimate of drug-likeness (QED) is 0.527. The molecule has 0 N–H and O–H groups in total. The van der Waals surface area contributed by atoms with Gasteiger partial charge in [-0.2, -0.15) is 0 Å². The van der Waals surface area contributed by atoms with Crippen LogP contribution in [0, 0.1) is 0 Å². The zero-order chi connectivity index (χ0) is 24.6. The molecule has 2 aromatic rings. The number of esters is 2. The Labute approximate surface area is 194 Å². The second-order valence-corrected chi connectivity index (χ2v) is 8.63. The lowest BCUT2D eigenvalue weighted by molar-refractivity contribution is -0.152. The Morgan fingerprint density at radius 1 is 0.939 bits per heavy atom. The van der Waals surface area contributed by atoms with E-state index in [2.05, 4.69) is 4.98 Å². The highest BCUT2D eigenvalue weighted by atomic mass is 16.5. The first-order valence-electron chi connectivity index (χ1n) is 10.7. The van der Waals surface area contributed by atoms with Crippen LogP contribution in [0.15, 0.2) is 42.5 Å². The predicted octanol–water partition coefficient (Wildman–Crippen LogP) is 3.97. The van der Waals surface area contributed by atoms with E-state index in [1.54, 1.807) is 17.0 Å². The van der Waals surface area contributed by atoms with Crippen LogP contribution in [0.5, 0.6) is 5.75 Å². The third-order valence-corrected chi connectivity index (χ3v) is 4.78. The maximum atomic E-state index is 12.2. The molecule has 0 saturated carbocycles. The van der Waals surface area contributed by atoms with Gasteiger partial charge >= 0.3 is 11.9 Å². The van der Waals surface area contributed by atoms with Gasteiger partial charge in [0.05, 0.1) is 12.2 Å². The maximum Gasteiger partial charge on any atom is 0.303 e. The highest BCUT2D eigenvalue weighted by Crippen LogP contribution is 2.27. The molecular formula is C25H32N2O6. The summed E-state index contributed by atoms with van der Waals surface area (Å²) in [6, 6.07) is 13.0. The second-order valence-electron chi connectivity index (χ2n) is 8.63. The third kappa shape index (κ3) is 8.21. The number of rotatable bonds is 9. The van der Waals surface area contributed by atoms with E-state index in [9.17, 15) is 14.4 Å². The van der Waals surface area contributed by atoms with Crippen LogP contribution in [-0.4, -0.2) is 39.8 Å². The zero-order valence-electron chi connectivity index (χ0n) is 20.1. The van der Waals surface area contributed by atoms with E-state index in [-0.39, 0.29) is 19.1 Å². The van der Waals surface area contributed by atoms with Crippen LogP contribution in [0.2, 0.25) is 0 Å². The molecule has 1 heterocycles. The normalized spacial score (nSPS) is 11.9. The number of hydrogen-bond donors (Lipinski definition) is 0. The molecule has 8 nitrogen and oxygen atoms in total. The fraction of sp³-hybridized carbons (Fsp3) is 0.440. The monoisotopic (exact) mass is 456 g/mol. The summed E-state index contributed by atoms with van der Waals surface area (Å²) in [5.74, 6) is -0.652. The minimum atomic E-state index is -0.801. The van der Waals surface area contributed by atoms with E-state index < -0.39 is 23.6 Å². The largest absolute Gasteiger partial charge is 0.487 e. The van der Waals surface area contributed by atoms with Crippen LogP contribution < -0.4 is 4.74 Å². The number of aromatic nitrogens is 1. The summed E-state index contributed by atoms with van der Waals surface area (Å²) in [6.45, 7) is 10.1. The highest BCUT2D eigenvalue weighted by molar-refractivity contribution is 5.74. The SMILES string of the molecule is CC(=O)OCc1nc(C(CN(C(C)=O)C(C)(C)C)OC(C)=O)ccc1OCc1ccccc1. The molecule has 0 aliphatic carbocycles. The average molecular weight is 457 g/mol. The van der Waals surface area contributed by atoms with Crippen LogP contribution in [0.1, 0.15) is 64.6 Å². The Morgan fingerprint density at radius 2 is 1.61 bits per heavy atom. The smallest absolute Gasteiger partial charge is 0.303 e. The van der Waals surface area contributed by atoms with Gasteiger partial charge in [-0.05, 0) is 38.5 Å². The van der Waals surface area contributed by atoms with Crippen molar-refractivity contribution < 1.29 is 28.6 Å². The average Bonchev–Trinajstić information content (AvgIpc) is 2.73. The first-order valence-corrected chi connectivity index (χ1v) is 10.7. The number of benzene rings is 1. The lowest BCUT2D eigenvalue weighted by Gasteiger charge is -2.37. The predicted molar refractivity (Wildman–Crippen MR) is 122 cm³/mol. The molecule has 0 aliphatic heterocycles. The van der Waals surface area contributed by atoms with Crippen LogP contribution in [-0.2, 0) is 37.1 Å². The lowest BCUT2D eigenvalue weighted by atomic mass is 10.0. The molecule has 33 heavy (non-hydrogen) atoms. The molecule has 0 aliphatic rings. The number of carbonyl (C=O) groups excluding carboxylic acids is 3. The molecule has 0 fully saturated rings. The number of carbonyl (C=O) groups is 3. The van der Waals surface area contributed by atoms with E-state index >= 15 is 0 Å². The molecule has 1 unspecified atom stereocenters. The molecule has 2 rings (SSSR count). The van der Waals surface area contributed by atoms with Gasteiger partial charge in [0.15, 0.2) is 6.10 Å². The van der Waals surface area contributed by atoms with E-state index in [0.717, 1.165) is 5.56 Å². The molecule has 1 amide bonds. The zero-order valence-corrected chi connectivity index (χ0v) is 20.1. The van der Waals surface area contributed by atoms with Crippen molar-refractivity contribution in [2.24, 2.45) is 0 Å². The number of nitrogens with zero attached hydrogens (tertiary/aromatic N) is 2. The molecular weight excluding hydrogens is 424 g/mol. The van der Waals surface area contributed by atoms with Gasteiger partial charge in [-0.15, -0.1) is 0 Å². The molecule has 1 aromatic carbocycles. The number of amides is 1. The fourth-order valence-corrected chi connectivity index (χ4v) is 3.26. The summed E-state index contributed by atoms with van der Waals surface area (Å²) < 4.78 is 16.6. The number of ether oxygens (including phenoxy) is 3. The molecule has 0 saturated heterocycles. The molecule has 1 aromatic heterocycles. The standard InChI is InChI=1S/C25H32N2O6/c1-17(28)27(25(4,5)6)14-24(33-19(3)30)21-12-13-23(22(26-21)16-31-18(2)29)32-15-20-10-8-7-9-11-20/h7-13,24H,14-16H2,1-6H3. The van der Waals surface area contributed by atoms with Gasteiger partial charge in [0, 0.05) is 26.3 Å². The van der Waals surface area contributed by atoms with Gasteiger partial charge in [0.25, 0.3) is 0 Å². The Hall–Kier alpha value is -3.42. The third-order valence-electron chi connectivity index (χ3n) is 4.78. The Morgan fingerprint density at radius 3 is 2.15 bits per heavy atom. The summed E-state index contributed by atoms with van der Waals surface area (Å²) in [7, 11) is 0. The van der Waals surface area contributed by atoms with E-state index in [4.69, 9.17) is 14.2 Å². The topological polar surface area (TPSA) is 95.0 Å². The van der Waals surface area contributed by atoms with E-state index in [0.29, 0.717) is 23.7 Å². The molecule has 0 bridgehead atoms. The van der Waals surface area contributed by atoms with Crippen molar-refractivity contribution in [1.29, 1.82) is 0 Å². The Bertz CT molecular complexity index is 969. The van der Waals surface area contributed by atoms with Gasteiger partial charge in [-0.3, -0.25) is 14.4 Å². The van der Waals surface area contributed by atoms with Crippen LogP contribution >= 0.6 is 0 Å². The summed E-state index contributed by atoms with van der Waals surface area (Å²) in [5.41, 5.74) is 1.31. The van der Waals surface area contributed by atoms with Crippen molar-refractivity contribution in [2.75, 3.05) is 6.54 Å². The van der Waals surface area contributed by atoms with Crippen molar-refractivity contribution in [3.63, 3.8) is 0 Å². The van der Waals surface area contributed by atoms with Gasteiger partial charge in [0.2, 0.25) is 5.91 Å². The van der Waals surface area contributed by atoms with E-state index in [1.807, 2.05) is 51.1 Å². The first-order chi connectivity index (χ1) is 15.5. The summed E-state index contributed by atoms with van der Waals surface area (Å²) in [6.07, 6.45) is -0.801. The lowest BCUT2D eigenvalue weighted by Crippen LogP contribution is -2.47.